The normalized spacial score (nSPS) is 16.1. The van der Waals surface area contributed by atoms with Gasteiger partial charge in [-0.25, -0.2) is 17.5 Å². The minimum Gasteiger partial charge on any atom is -0.342 e. The standard InChI is InChI=1S/C13H17FN2O3S/c14-11-6-2-3-7-12(11)20(18,19)15-10-13(17)16-8-4-1-5-9-16/h2-3,6-7,15H,1,4-5,8-10H2. The van der Waals surface area contributed by atoms with Crippen LogP contribution in [0.25, 0.3) is 0 Å². The maximum absolute atomic E-state index is 13.4. The zero-order chi connectivity index (χ0) is 14.6. The van der Waals surface area contributed by atoms with Crippen LogP contribution in [0.1, 0.15) is 19.3 Å². The van der Waals surface area contributed by atoms with Crippen molar-refractivity contribution in [2.24, 2.45) is 0 Å². The smallest absolute Gasteiger partial charge is 0.243 e. The zero-order valence-electron chi connectivity index (χ0n) is 11.0. The molecule has 1 N–H and O–H groups in total. The van der Waals surface area contributed by atoms with Crippen LogP contribution in [0.5, 0.6) is 0 Å². The number of benzene rings is 1. The van der Waals surface area contributed by atoms with Gasteiger partial charge >= 0.3 is 0 Å². The molecule has 1 amide bonds. The number of carbonyl (C=O) groups is 1. The number of carbonyl (C=O) groups excluding carboxylic acids is 1. The Morgan fingerprint density at radius 3 is 2.50 bits per heavy atom. The summed E-state index contributed by atoms with van der Waals surface area (Å²) in [5.74, 6) is -1.10. The molecule has 5 nitrogen and oxygen atoms in total. The van der Waals surface area contributed by atoms with Crippen molar-refractivity contribution in [2.75, 3.05) is 19.6 Å². The van der Waals surface area contributed by atoms with E-state index in [-0.39, 0.29) is 12.5 Å². The molecule has 0 spiro atoms. The number of amides is 1. The first-order valence-electron chi connectivity index (χ1n) is 6.53. The van der Waals surface area contributed by atoms with E-state index in [1.165, 1.54) is 18.2 Å². The second-order valence-electron chi connectivity index (χ2n) is 4.70. The summed E-state index contributed by atoms with van der Waals surface area (Å²) in [5.41, 5.74) is 0. The number of hydrogen-bond acceptors (Lipinski definition) is 3. The highest BCUT2D eigenvalue weighted by Crippen LogP contribution is 2.13. The van der Waals surface area contributed by atoms with E-state index in [4.69, 9.17) is 0 Å². The van der Waals surface area contributed by atoms with Gasteiger partial charge in [-0.3, -0.25) is 4.79 Å². The molecule has 0 unspecified atom stereocenters. The van der Waals surface area contributed by atoms with Crippen LogP contribution in [0.3, 0.4) is 0 Å². The Morgan fingerprint density at radius 2 is 1.85 bits per heavy atom. The van der Waals surface area contributed by atoms with Crippen LogP contribution in [-0.2, 0) is 14.8 Å². The fraction of sp³-hybridized carbons (Fsp3) is 0.462. The van der Waals surface area contributed by atoms with Crippen LogP contribution in [-0.4, -0.2) is 38.9 Å². The summed E-state index contributed by atoms with van der Waals surface area (Å²) in [4.78, 5) is 13.1. The Labute approximate surface area is 117 Å². The predicted molar refractivity (Wildman–Crippen MR) is 72.0 cm³/mol. The lowest BCUT2D eigenvalue weighted by Gasteiger charge is -2.26. The lowest BCUT2D eigenvalue weighted by molar-refractivity contribution is -0.130. The number of likely N-dealkylation sites (tertiary alicyclic amines) is 1. The number of nitrogens with zero attached hydrogens (tertiary/aromatic N) is 1. The summed E-state index contributed by atoms with van der Waals surface area (Å²) < 4.78 is 39.4. The molecule has 1 saturated heterocycles. The number of nitrogens with one attached hydrogen (secondary N) is 1. The first kappa shape index (κ1) is 14.9. The van der Waals surface area contributed by atoms with E-state index < -0.39 is 20.7 Å². The van der Waals surface area contributed by atoms with Crippen LogP contribution in [0.2, 0.25) is 0 Å². The summed E-state index contributed by atoms with van der Waals surface area (Å²) in [5, 5.41) is 0. The monoisotopic (exact) mass is 300 g/mol. The molecule has 1 aliphatic rings. The molecule has 1 fully saturated rings. The molecule has 2 rings (SSSR count). The van der Waals surface area contributed by atoms with E-state index in [1.54, 1.807) is 4.90 Å². The topological polar surface area (TPSA) is 66.5 Å². The van der Waals surface area contributed by atoms with E-state index in [0.717, 1.165) is 25.3 Å². The van der Waals surface area contributed by atoms with Crippen LogP contribution in [0, 0.1) is 5.82 Å². The van der Waals surface area contributed by atoms with E-state index in [1.807, 2.05) is 0 Å². The average molecular weight is 300 g/mol. The third-order valence-electron chi connectivity index (χ3n) is 3.25. The maximum Gasteiger partial charge on any atom is 0.243 e. The van der Waals surface area contributed by atoms with Gasteiger partial charge in [0.05, 0.1) is 6.54 Å². The van der Waals surface area contributed by atoms with Gasteiger partial charge in [0.25, 0.3) is 0 Å². The minimum atomic E-state index is -4.00. The summed E-state index contributed by atoms with van der Waals surface area (Å²) in [7, 11) is -4.00. The van der Waals surface area contributed by atoms with Gasteiger partial charge < -0.3 is 4.90 Å². The van der Waals surface area contributed by atoms with Crippen LogP contribution < -0.4 is 4.72 Å². The predicted octanol–water partition coefficient (Wildman–Crippen LogP) is 1.12. The van der Waals surface area contributed by atoms with Crippen LogP contribution >= 0.6 is 0 Å². The van der Waals surface area contributed by atoms with E-state index in [0.29, 0.717) is 13.1 Å². The lowest BCUT2D eigenvalue weighted by Crippen LogP contribution is -2.42. The lowest BCUT2D eigenvalue weighted by atomic mass is 10.1. The average Bonchev–Trinajstić information content (AvgIpc) is 2.46. The van der Waals surface area contributed by atoms with Crippen molar-refractivity contribution in [1.29, 1.82) is 0 Å². The molecule has 7 heteroatoms. The number of piperidine rings is 1. The zero-order valence-corrected chi connectivity index (χ0v) is 11.8. The van der Waals surface area contributed by atoms with E-state index in [9.17, 15) is 17.6 Å². The summed E-state index contributed by atoms with van der Waals surface area (Å²) in [6.07, 6.45) is 2.96. The summed E-state index contributed by atoms with van der Waals surface area (Å²) in [6, 6.07) is 5.08. The summed E-state index contributed by atoms with van der Waals surface area (Å²) in [6.45, 7) is 0.969. The fourth-order valence-electron chi connectivity index (χ4n) is 2.15. The molecule has 1 aliphatic heterocycles. The Bertz CT molecular complexity index is 583. The van der Waals surface area contributed by atoms with E-state index >= 15 is 0 Å². The van der Waals surface area contributed by atoms with Crippen molar-refractivity contribution in [3.8, 4) is 0 Å². The molecule has 1 aromatic carbocycles. The molecular weight excluding hydrogens is 283 g/mol. The van der Waals surface area contributed by atoms with Gasteiger partial charge in [-0.1, -0.05) is 12.1 Å². The van der Waals surface area contributed by atoms with Gasteiger partial charge in [0.1, 0.15) is 10.7 Å². The van der Waals surface area contributed by atoms with Gasteiger partial charge in [0, 0.05) is 13.1 Å². The molecule has 0 radical (unpaired) electrons. The van der Waals surface area contributed by atoms with Crippen molar-refractivity contribution in [3.63, 3.8) is 0 Å². The molecule has 20 heavy (non-hydrogen) atoms. The molecule has 0 aliphatic carbocycles. The molecule has 110 valence electrons. The molecular formula is C13H17FN2O3S. The molecule has 0 bridgehead atoms. The molecule has 0 aromatic heterocycles. The fourth-order valence-corrected chi connectivity index (χ4v) is 3.20. The number of hydrogen-bond donors (Lipinski definition) is 1. The van der Waals surface area contributed by atoms with Gasteiger partial charge in [0.15, 0.2) is 0 Å². The summed E-state index contributed by atoms with van der Waals surface area (Å²) >= 11 is 0. The Hall–Kier alpha value is -1.47. The van der Waals surface area contributed by atoms with Crippen molar-refractivity contribution in [3.05, 3.63) is 30.1 Å². The molecule has 1 heterocycles. The van der Waals surface area contributed by atoms with Gasteiger partial charge in [0.2, 0.25) is 15.9 Å². The SMILES string of the molecule is O=C(CNS(=O)(=O)c1ccccc1F)N1CCCCC1. The number of sulfonamides is 1. The van der Waals surface area contributed by atoms with Gasteiger partial charge in [-0.2, -0.15) is 0 Å². The van der Waals surface area contributed by atoms with Crippen molar-refractivity contribution < 1.29 is 17.6 Å². The van der Waals surface area contributed by atoms with Crippen molar-refractivity contribution in [1.82, 2.24) is 9.62 Å². The first-order valence-corrected chi connectivity index (χ1v) is 8.01. The van der Waals surface area contributed by atoms with Gasteiger partial charge in [-0.05, 0) is 31.4 Å². The molecule has 0 saturated carbocycles. The van der Waals surface area contributed by atoms with Crippen LogP contribution in [0.4, 0.5) is 4.39 Å². The maximum atomic E-state index is 13.4. The Morgan fingerprint density at radius 1 is 1.20 bits per heavy atom. The highest BCUT2D eigenvalue weighted by Gasteiger charge is 2.22. The second kappa shape index (κ2) is 6.32. The largest absolute Gasteiger partial charge is 0.342 e. The third kappa shape index (κ3) is 3.55. The highest BCUT2D eigenvalue weighted by atomic mass is 32.2. The second-order valence-corrected chi connectivity index (χ2v) is 6.43. The quantitative estimate of drug-likeness (QED) is 0.906. The highest BCUT2D eigenvalue weighted by molar-refractivity contribution is 7.89. The first-order chi connectivity index (χ1) is 9.50. The number of halogens is 1. The molecule has 0 atom stereocenters. The number of rotatable bonds is 4. The Kier molecular flexibility index (Phi) is 4.72. The Balaban J connectivity index is 1.99. The van der Waals surface area contributed by atoms with Gasteiger partial charge in [-0.15, -0.1) is 0 Å². The van der Waals surface area contributed by atoms with Crippen LogP contribution in [0.15, 0.2) is 29.2 Å². The van der Waals surface area contributed by atoms with Crippen molar-refractivity contribution in [2.45, 2.75) is 24.2 Å². The third-order valence-corrected chi connectivity index (χ3v) is 4.68. The minimum absolute atomic E-state index is 0.274. The molecule has 1 aromatic rings. The van der Waals surface area contributed by atoms with E-state index in [2.05, 4.69) is 4.72 Å². The van der Waals surface area contributed by atoms with Crippen molar-refractivity contribution >= 4 is 15.9 Å².